The van der Waals surface area contributed by atoms with Crippen molar-refractivity contribution in [1.29, 1.82) is 0 Å². The van der Waals surface area contributed by atoms with Crippen molar-refractivity contribution < 1.29 is 9.90 Å². The Morgan fingerprint density at radius 1 is 1.33 bits per heavy atom. The first kappa shape index (κ1) is 13.5. The van der Waals surface area contributed by atoms with Gasteiger partial charge in [-0.25, -0.2) is 4.79 Å². The third kappa shape index (κ3) is 2.35. The van der Waals surface area contributed by atoms with Crippen LogP contribution in [-0.2, 0) is 11.8 Å². The number of hydrogen-bond donors (Lipinski definition) is 1. The van der Waals surface area contributed by atoms with Gasteiger partial charge in [0, 0.05) is 31.7 Å². The molecule has 1 aromatic heterocycles. The summed E-state index contributed by atoms with van der Waals surface area (Å²) in [5.41, 5.74) is 2.62. The molecule has 0 spiro atoms. The van der Waals surface area contributed by atoms with Crippen molar-refractivity contribution in [2.45, 2.75) is 18.8 Å². The molecule has 3 rings (SSSR count). The number of nitrogens with zero attached hydrogens (tertiary/aromatic N) is 3. The minimum atomic E-state index is -0.891. The molecule has 0 fully saturated rings. The Kier molecular flexibility index (Phi) is 3.33. The molecule has 2 heterocycles. The van der Waals surface area contributed by atoms with Crippen LogP contribution in [0, 0.1) is 0 Å². The second kappa shape index (κ2) is 5.16. The largest absolute Gasteiger partial charge is 0.465 e. The van der Waals surface area contributed by atoms with Crippen LogP contribution < -0.4 is 0 Å². The van der Waals surface area contributed by atoms with Gasteiger partial charge in [-0.05, 0) is 24.5 Å². The highest BCUT2D eigenvalue weighted by Gasteiger charge is 2.38. The molecule has 1 amide bonds. The molecule has 108 valence electrons. The lowest BCUT2D eigenvalue weighted by molar-refractivity contribution is 0.139. The molecular weight excluding hydrogens is 266 g/mol. The van der Waals surface area contributed by atoms with Gasteiger partial charge < -0.3 is 10.0 Å². The first-order valence-electron chi connectivity index (χ1n) is 6.94. The number of hydrogen-bond acceptors (Lipinski definition) is 3. The number of amides is 1. The molecule has 0 aliphatic carbocycles. The van der Waals surface area contributed by atoms with Gasteiger partial charge in [-0.3, -0.25) is 9.97 Å². The lowest BCUT2D eigenvalue weighted by Crippen LogP contribution is -2.41. The summed E-state index contributed by atoms with van der Waals surface area (Å²) in [5.74, 6) is 0. The zero-order valence-electron chi connectivity index (χ0n) is 11.9. The lowest BCUT2D eigenvalue weighted by atomic mass is 9.77. The maximum absolute atomic E-state index is 11.5. The standard InChI is InChI=1S/C16H17N3O2/c1-16(14-10-17-7-8-18-14)11-19(15(20)21)9-6-12-4-2-3-5-13(12)16/h2-5,7-8,10H,6,9,11H2,1H3,(H,20,21). The normalized spacial score (nSPS) is 21.5. The molecule has 1 aromatic carbocycles. The zero-order chi connectivity index (χ0) is 14.9. The van der Waals surface area contributed by atoms with Crippen LogP contribution in [0.15, 0.2) is 42.9 Å². The summed E-state index contributed by atoms with van der Waals surface area (Å²) in [5, 5.41) is 9.41. The van der Waals surface area contributed by atoms with E-state index in [-0.39, 0.29) is 0 Å². The quantitative estimate of drug-likeness (QED) is 0.872. The zero-order valence-corrected chi connectivity index (χ0v) is 11.9. The van der Waals surface area contributed by atoms with Crippen LogP contribution in [0.1, 0.15) is 23.7 Å². The Morgan fingerprint density at radius 3 is 2.86 bits per heavy atom. The summed E-state index contributed by atoms with van der Waals surface area (Å²) < 4.78 is 0. The van der Waals surface area contributed by atoms with Crippen LogP contribution in [0.25, 0.3) is 0 Å². The Labute approximate surface area is 123 Å². The van der Waals surface area contributed by atoms with Crippen LogP contribution in [0.3, 0.4) is 0 Å². The van der Waals surface area contributed by atoms with Crippen molar-refractivity contribution in [2.24, 2.45) is 0 Å². The highest BCUT2D eigenvalue weighted by Crippen LogP contribution is 2.35. The summed E-state index contributed by atoms with van der Waals surface area (Å²) in [6, 6.07) is 8.11. The lowest BCUT2D eigenvalue weighted by Gasteiger charge is -2.32. The van der Waals surface area contributed by atoms with Gasteiger partial charge in [-0.15, -0.1) is 0 Å². The van der Waals surface area contributed by atoms with E-state index in [0.717, 1.165) is 17.7 Å². The summed E-state index contributed by atoms with van der Waals surface area (Å²) in [7, 11) is 0. The number of rotatable bonds is 1. The summed E-state index contributed by atoms with van der Waals surface area (Å²) in [6.45, 7) is 2.93. The van der Waals surface area contributed by atoms with Crippen LogP contribution in [0.4, 0.5) is 4.79 Å². The fourth-order valence-electron chi connectivity index (χ4n) is 3.04. The van der Waals surface area contributed by atoms with Gasteiger partial charge >= 0.3 is 6.09 Å². The molecule has 1 N–H and O–H groups in total. The first-order chi connectivity index (χ1) is 10.1. The van der Waals surface area contributed by atoms with Crippen molar-refractivity contribution in [1.82, 2.24) is 14.9 Å². The van der Waals surface area contributed by atoms with Crippen LogP contribution >= 0.6 is 0 Å². The van der Waals surface area contributed by atoms with E-state index >= 15 is 0 Å². The minimum Gasteiger partial charge on any atom is -0.465 e. The molecule has 2 aromatic rings. The van der Waals surface area contributed by atoms with E-state index in [1.165, 1.54) is 10.5 Å². The number of benzene rings is 1. The number of fused-ring (bicyclic) bond motifs is 1. The molecule has 0 saturated heterocycles. The third-order valence-corrected chi connectivity index (χ3v) is 4.17. The number of carbonyl (C=O) groups is 1. The van der Waals surface area contributed by atoms with Crippen molar-refractivity contribution in [3.8, 4) is 0 Å². The molecule has 0 saturated carbocycles. The number of aromatic nitrogens is 2. The Balaban J connectivity index is 2.16. The molecule has 1 unspecified atom stereocenters. The second-order valence-electron chi connectivity index (χ2n) is 5.53. The highest BCUT2D eigenvalue weighted by molar-refractivity contribution is 5.66. The fourth-order valence-corrected chi connectivity index (χ4v) is 3.04. The molecule has 1 aliphatic heterocycles. The van der Waals surface area contributed by atoms with Crippen LogP contribution in [0.5, 0.6) is 0 Å². The molecule has 0 radical (unpaired) electrons. The SMILES string of the molecule is CC1(c2cnccn2)CN(C(=O)O)CCc2ccccc21. The van der Waals surface area contributed by atoms with Gasteiger partial charge in [0.2, 0.25) is 0 Å². The monoisotopic (exact) mass is 283 g/mol. The van der Waals surface area contributed by atoms with Crippen molar-refractivity contribution in [3.63, 3.8) is 0 Å². The van der Waals surface area contributed by atoms with E-state index in [1.807, 2.05) is 19.1 Å². The van der Waals surface area contributed by atoms with Crippen molar-refractivity contribution in [2.75, 3.05) is 13.1 Å². The predicted octanol–water partition coefficient (Wildman–Crippen LogP) is 2.32. The molecule has 5 heteroatoms. The maximum Gasteiger partial charge on any atom is 0.407 e. The van der Waals surface area contributed by atoms with E-state index < -0.39 is 11.5 Å². The minimum absolute atomic E-state index is 0.387. The second-order valence-corrected chi connectivity index (χ2v) is 5.53. The molecule has 5 nitrogen and oxygen atoms in total. The molecule has 1 atom stereocenters. The van der Waals surface area contributed by atoms with Gasteiger partial charge in [-0.2, -0.15) is 0 Å². The molecule has 21 heavy (non-hydrogen) atoms. The van der Waals surface area contributed by atoms with Gasteiger partial charge in [0.25, 0.3) is 0 Å². The van der Waals surface area contributed by atoms with Crippen molar-refractivity contribution >= 4 is 6.09 Å². The Morgan fingerprint density at radius 2 is 2.14 bits per heavy atom. The van der Waals surface area contributed by atoms with Gasteiger partial charge in [0.15, 0.2) is 0 Å². The van der Waals surface area contributed by atoms with Crippen LogP contribution in [-0.4, -0.2) is 39.2 Å². The van der Waals surface area contributed by atoms with E-state index in [4.69, 9.17) is 0 Å². The highest BCUT2D eigenvalue weighted by atomic mass is 16.4. The molecular formula is C16H17N3O2. The first-order valence-corrected chi connectivity index (χ1v) is 6.94. The summed E-state index contributed by atoms with van der Waals surface area (Å²) in [4.78, 5) is 21.5. The Hall–Kier alpha value is -2.43. The average Bonchev–Trinajstić information content (AvgIpc) is 2.67. The summed E-state index contributed by atoms with van der Waals surface area (Å²) in [6.07, 6.45) is 4.84. The van der Waals surface area contributed by atoms with Crippen LogP contribution in [0.2, 0.25) is 0 Å². The third-order valence-electron chi connectivity index (χ3n) is 4.17. The Bertz CT molecular complexity index is 660. The van der Waals surface area contributed by atoms with E-state index in [9.17, 15) is 9.90 Å². The predicted molar refractivity (Wildman–Crippen MR) is 78.2 cm³/mol. The van der Waals surface area contributed by atoms with E-state index in [2.05, 4.69) is 22.1 Å². The van der Waals surface area contributed by atoms with Crippen molar-refractivity contribution in [3.05, 3.63) is 59.7 Å². The van der Waals surface area contributed by atoms with Gasteiger partial charge in [0.05, 0.1) is 11.1 Å². The molecule has 1 aliphatic rings. The fraction of sp³-hybridized carbons (Fsp3) is 0.312. The summed E-state index contributed by atoms with van der Waals surface area (Å²) >= 11 is 0. The maximum atomic E-state index is 11.5. The van der Waals surface area contributed by atoms with Gasteiger partial charge in [0.1, 0.15) is 0 Å². The smallest absolute Gasteiger partial charge is 0.407 e. The molecule has 0 bridgehead atoms. The van der Waals surface area contributed by atoms with E-state index in [0.29, 0.717) is 13.1 Å². The average molecular weight is 283 g/mol. The number of carboxylic acid groups (broad SMARTS) is 1. The topological polar surface area (TPSA) is 66.3 Å². The van der Waals surface area contributed by atoms with E-state index in [1.54, 1.807) is 18.6 Å². The van der Waals surface area contributed by atoms with Gasteiger partial charge in [-0.1, -0.05) is 24.3 Å².